The maximum Gasteiger partial charge on any atom is 0.288 e. The fourth-order valence-corrected chi connectivity index (χ4v) is 2.89. The highest BCUT2D eigenvalue weighted by molar-refractivity contribution is 7.99. The molecule has 2 rings (SSSR count). The minimum Gasteiger partial charge on any atom is -0.326 e. The summed E-state index contributed by atoms with van der Waals surface area (Å²) >= 11 is 0.489. The lowest BCUT2D eigenvalue weighted by molar-refractivity contribution is -0.885. The van der Waals surface area contributed by atoms with Gasteiger partial charge in [-0.15, -0.1) is 0 Å². The molecule has 0 spiro atoms. The summed E-state index contributed by atoms with van der Waals surface area (Å²) in [6.45, 7) is 3.16. The van der Waals surface area contributed by atoms with E-state index in [9.17, 15) is 13.6 Å². The van der Waals surface area contributed by atoms with Crippen LogP contribution in [0.5, 0.6) is 0 Å². The first-order valence-electron chi connectivity index (χ1n) is 7.64. The number of hydrogen-bond acceptors (Lipinski definition) is 2. The van der Waals surface area contributed by atoms with Gasteiger partial charge in [0.15, 0.2) is 6.54 Å². The summed E-state index contributed by atoms with van der Waals surface area (Å²) in [6, 6.07) is 14.6. The molecule has 1 amide bonds. The highest BCUT2D eigenvalue weighted by Gasteiger charge is 2.12. The Morgan fingerprint density at radius 2 is 1.83 bits per heavy atom. The number of carbonyl (C=O) groups excluding carboxylic acids is 1. The molecule has 2 aromatic rings. The quantitative estimate of drug-likeness (QED) is 0.752. The van der Waals surface area contributed by atoms with Crippen molar-refractivity contribution < 1.29 is 18.5 Å². The van der Waals surface area contributed by atoms with E-state index in [1.165, 1.54) is 11.1 Å². The number of nitrogens with one attached hydrogen (secondary N) is 2. The molecular weight excluding hydrogens is 330 g/mol. The monoisotopic (exact) mass is 351 g/mol. The SMILES string of the molecule is Cc1ccccc1C[NH+](C)CC(=O)Nc1ccc(SC(F)F)cc1. The van der Waals surface area contributed by atoms with Gasteiger partial charge >= 0.3 is 0 Å². The van der Waals surface area contributed by atoms with Crippen LogP contribution in [0.2, 0.25) is 0 Å². The Morgan fingerprint density at radius 3 is 2.46 bits per heavy atom. The Labute approximate surface area is 145 Å². The second kappa shape index (κ2) is 8.80. The lowest BCUT2D eigenvalue weighted by Crippen LogP contribution is -3.08. The second-order valence-corrected chi connectivity index (χ2v) is 6.75. The lowest BCUT2D eigenvalue weighted by Gasteiger charge is -2.15. The van der Waals surface area contributed by atoms with Gasteiger partial charge in [-0.2, -0.15) is 8.78 Å². The third-order valence-electron chi connectivity index (χ3n) is 3.58. The van der Waals surface area contributed by atoms with E-state index in [4.69, 9.17) is 0 Å². The zero-order valence-electron chi connectivity index (χ0n) is 13.7. The summed E-state index contributed by atoms with van der Waals surface area (Å²) in [5, 5.41) is 2.80. The third-order valence-corrected chi connectivity index (χ3v) is 4.30. The van der Waals surface area contributed by atoms with Crippen LogP contribution in [0, 0.1) is 6.92 Å². The summed E-state index contributed by atoms with van der Waals surface area (Å²) < 4.78 is 24.5. The number of carbonyl (C=O) groups is 1. The molecule has 0 aliphatic carbocycles. The molecule has 0 fully saturated rings. The summed E-state index contributed by atoms with van der Waals surface area (Å²) in [5.41, 5.74) is 3.04. The predicted octanol–water partition coefficient (Wildman–Crippen LogP) is 2.96. The Balaban J connectivity index is 1.85. The van der Waals surface area contributed by atoms with Crippen LogP contribution in [-0.2, 0) is 11.3 Å². The minimum absolute atomic E-state index is 0.102. The molecule has 128 valence electrons. The van der Waals surface area contributed by atoms with Crippen LogP contribution in [0.3, 0.4) is 0 Å². The number of quaternary nitrogens is 1. The van der Waals surface area contributed by atoms with Crippen molar-refractivity contribution in [3.63, 3.8) is 0 Å². The van der Waals surface area contributed by atoms with Crippen LogP contribution in [0.1, 0.15) is 11.1 Å². The molecule has 0 saturated heterocycles. The summed E-state index contributed by atoms with van der Waals surface area (Å²) in [6.07, 6.45) is 0. The van der Waals surface area contributed by atoms with Crippen LogP contribution in [0.15, 0.2) is 53.4 Å². The van der Waals surface area contributed by atoms with E-state index in [2.05, 4.69) is 24.4 Å². The zero-order valence-corrected chi connectivity index (χ0v) is 14.5. The number of alkyl halides is 2. The maximum absolute atomic E-state index is 12.3. The summed E-state index contributed by atoms with van der Waals surface area (Å²) in [4.78, 5) is 13.7. The van der Waals surface area contributed by atoms with Gasteiger partial charge in [-0.25, -0.2) is 0 Å². The van der Waals surface area contributed by atoms with Gasteiger partial charge in [-0.1, -0.05) is 36.0 Å². The number of hydrogen-bond donors (Lipinski definition) is 2. The molecule has 0 aromatic heterocycles. The first kappa shape index (κ1) is 18.4. The van der Waals surface area contributed by atoms with E-state index >= 15 is 0 Å². The Hall–Kier alpha value is -1.92. The van der Waals surface area contributed by atoms with Crippen molar-refractivity contribution in [2.24, 2.45) is 0 Å². The van der Waals surface area contributed by atoms with E-state index in [-0.39, 0.29) is 5.91 Å². The van der Waals surface area contributed by atoms with Gasteiger partial charge in [0.05, 0.1) is 7.05 Å². The van der Waals surface area contributed by atoms with Gasteiger partial charge in [-0.05, 0) is 36.8 Å². The average Bonchev–Trinajstić information content (AvgIpc) is 2.51. The van der Waals surface area contributed by atoms with E-state index in [0.29, 0.717) is 28.9 Å². The Kier molecular flexibility index (Phi) is 6.75. The summed E-state index contributed by atoms with van der Waals surface area (Å²) in [5.74, 6) is -2.54. The molecule has 24 heavy (non-hydrogen) atoms. The fourth-order valence-electron chi connectivity index (χ4n) is 2.40. The minimum atomic E-state index is -2.44. The number of aryl methyl sites for hydroxylation is 1. The molecule has 3 nitrogen and oxygen atoms in total. The fraction of sp³-hybridized carbons (Fsp3) is 0.278. The maximum atomic E-state index is 12.3. The first-order chi connectivity index (χ1) is 11.4. The second-order valence-electron chi connectivity index (χ2n) is 5.69. The van der Waals surface area contributed by atoms with Crippen LogP contribution < -0.4 is 10.2 Å². The van der Waals surface area contributed by atoms with Crippen molar-refractivity contribution in [3.05, 3.63) is 59.7 Å². The molecule has 0 heterocycles. The van der Waals surface area contributed by atoms with Crippen molar-refractivity contribution >= 4 is 23.4 Å². The number of rotatable bonds is 7. The van der Waals surface area contributed by atoms with Crippen molar-refractivity contribution in [3.8, 4) is 0 Å². The molecule has 0 saturated carbocycles. The van der Waals surface area contributed by atoms with Gasteiger partial charge in [0.1, 0.15) is 6.54 Å². The van der Waals surface area contributed by atoms with E-state index in [1.807, 2.05) is 19.2 Å². The Morgan fingerprint density at radius 1 is 1.17 bits per heavy atom. The third kappa shape index (κ3) is 5.94. The molecule has 1 unspecified atom stereocenters. The highest BCUT2D eigenvalue weighted by Crippen LogP contribution is 2.26. The molecule has 1 atom stereocenters. The number of amides is 1. The van der Waals surface area contributed by atoms with Crippen LogP contribution in [0.25, 0.3) is 0 Å². The van der Waals surface area contributed by atoms with E-state index < -0.39 is 5.76 Å². The number of thioether (sulfide) groups is 1. The predicted molar refractivity (Wildman–Crippen MR) is 93.6 cm³/mol. The molecule has 0 aliphatic rings. The number of anilines is 1. The first-order valence-corrected chi connectivity index (χ1v) is 8.52. The average molecular weight is 351 g/mol. The largest absolute Gasteiger partial charge is 0.326 e. The van der Waals surface area contributed by atoms with E-state index in [1.54, 1.807) is 24.3 Å². The van der Waals surface area contributed by atoms with Crippen LogP contribution in [0.4, 0.5) is 14.5 Å². The van der Waals surface area contributed by atoms with Gasteiger partial charge in [0.2, 0.25) is 0 Å². The number of benzene rings is 2. The zero-order chi connectivity index (χ0) is 17.5. The molecule has 2 N–H and O–H groups in total. The molecular formula is C18H21F2N2OS+. The smallest absolute Gasteiger partial charge is 0.288 e. The highest BCUT2D eigenvalue weighted by atomic mass is 32.2. The van der Waals surface area contributed by atoms with Crippen LogP contribution in [-0.4, -0.2) is 25.3 Å². The van der Waals surface area contributed by atoms with Crippen molar-refractivity contribution in [2.75, 3.05) is 18.9 Å². The van der Waals surface area contributed by atoms with Gasteiger partial charge in [-0.3, -0.25) is 4.79 Å². The van der Waals surface area contributed by atoms with Crippen molar-refractivity contribution in [1.82, 2.24) is 0 Å². The van der Waals surface area contributed by atoms with Crippen molar-refractivity contribution in [1.29, 1.82) is 0 Å². The Bertz CT molecular complexity index is 677. The molecule has 2 aromatic carbocycles. The molecule has 6 heteroatoms. The van der Waals surface area contributed by atoms with Crippen LogP contribution >= 0.6 is 11.8 Å². The lowest BCUT2D eigenvalue weighted by atomic mass is 10.1. The number of likely N-dealkylation sites (N-methyl/N-ethyl adjacent to an activating group) is 1. The number of halogens is 2. The molecule has 0 bridgehead atoms. The van der Waals surface area contributed by atoms with E-state index in [0.717, 1.165) is 11.4 Å². The normalized spacial score (nSPS) is 12.2. The molecule has 0 aliphatic heterocycles. The van der Waals surface area contributed by atoms with Crippen molar-refractivity contribution in [2.45, 2.75) is 24.1 Å². The van der Waals surface area contributed by atoms with Gasteiger partial charge in [0.25, 0.3) is 11.7 Å². The topological polar surface area (TPSA) is 33.5 Å². The molecule has 0 radical (unpaired) electrons. The van der Waals surface area contributed by atoms with Gasteiger partial charge < -0.3 is 10.2 Å². The standard InChI is InChI=1S/C18H20F2N2OS/c1-13-5-3-4-6-14(13)11-22(2)12-17(23)21-15-7-9-16(10-8-15)24-18(19)20/h3-10,18H,11-12H2,1-2H3,(H,21,23)/p+1. The van der Waals surface area contributed by atoms with Gasteiger partial charge in [0, 0.05) is 16.1 Å². The summed E-state index contributed by atoms with van der Waals surface area (Å²) in [7, 11) is 1.97.